The molecule has 0 spiro atoms. The lowest BCUT2D eigenvalue weighted by Gasteiger charge is -2.21. The molecule has 30 heavy (non-hydrogen) atoms. The molecule has 0 aliphatic carbocycles. The maximum Gasteiger partial charge on any atom is 0.246 e. The Bertz CT molecular complexity index is 981. The van der Waals surface area contributed by atoms with E-state index in [1.54, 1.807) is 25.6 Å². The van der Waals surface area contributed by atoms with Gasteiger partial charge in [-0.2, -0.15) is 5.10 Å². The van der Waals surface area contributed by atoms with Crippen molar-refractivity contribution in [3.8, 4) is 5.69 Å². The number of aryl methyl sites for hydroxylation is 1. The highest BCUT2D eigenvalue weighted by atomic mass is 16.5. The van der Waals surface area contributed by atoms with Crippen LogP contribution in [0.4, 0.5) is 0 Å². The summed E-state index contributed by atoms with van der Waals surface area (Å²) >= 11 is 0. The molecule has 0 aliphatic heterocycles. The average molecular weight is 405 g/mol. The fourth-order valence-corrected chi connectivity index (χ4v) is 3.35. The van der Waals surface area contributed by atoms with Crippen LogP contribution in [0.1, 0.15) is 28.9 Å². The van der Waals surface area contributed by atoms with Crippen LogP contribution in [0, 0.1) is 13.8 Å². The summed E-state index contributed by atoms with van der Waals surface area (Å²) < 4.78 is 7.06. The molecule has 3 rings (SSSR count). The molecule has 0 fully saturated rings. The Labute approximate surface area is 177 Å². The minimum absolute atomic E-state index is 0.0332. The molecule has 0 saturated heterocycles. The molecule has 0 unspecified atom stereocenters. The van der Waals surface area contributed by atoms with Gasteiger partial charge in [-0.3, -0.25) is 9.78 Å². The highest BCUT2D eigenvalue weighted by Crippen LogP contribution is 2.19. The number of nitrogens with zero attached hydrogens (tertiary/aromatic N) is 4. The Morgan fingerprint density at radius 1 is 1.13 bits per heavy atom. The number of carbonyl (C=O) groups excluding carboxylic acids is 1. The number of para-hydroxylation sites is 1. The molecule has 3 aromatic rings. The van der Waals surface area contributed by atoms with Gasteiger partial charge in [0.05, 0.1) is 11.4 Å². The molecule has 0 aliphatic rings. The third-order valence-corrected chi connectivity index (χ3v) is 4.95. The van der Waals surface area contributed by atoms with Crippen LogP contribution in [0.5, 0.6) is 0 Å². The van der Waals surface area contributed by atoms with E-state index in [2.05, 4.69) is 10.1 Å². The highest BCUT2D eigenvalue weighted by molar-refractivity contribution is 5.92. The molecule has 6 heteroatoms. The molecule has 0 N–H and O–H groups in total. The molecular weight excluding hydrogens is 376 g/mol. The van der Waals surface area contributed by atoms with E-state index in [4.69, 9.17) is 4.74 Å². The number of carbonyl (C=O) groups is 1. The van der Waals surface area contributed by atoms with E-state index in [1.165, 1.54) is 0 Å². The number of ether oxygens (including phenoxy) is 1. The van der Waals surface area contributed by atoms with E-state index in [1.807, 2.05) is 72.0 Å². The van der Waals surface area contributed by atoms with E-state index in [9.17, 15) is 4.79 Å². The molecule has 1 amide bonds. The van der Waals surface area contributed by atoms with Crippen molar-refractivity contribution in [2.45, 2.75) is 26.8 Å². The summed E-state index contributed by atoms with van der Waals surface area (Å²) in [6.07, 6.45) is 7.78. The Morgan fingerprint density at radius 2 is 1.87 bits per heavy atom. The maximum atomic E-state index is 13.0. The second kappa shape index (κ2) is 10.5. The van der Waals surface area contributed by atoms with Crippen molar-refractivity contribution in [3.05, 3.63) is 83.4 Å². The zero-order chi connectivity index (χ0) is 21.3. The largest absolute Gasteiger partial charge is 0.385 e. The number of benzene rings is 1. The Balaban J connectivity index is 1.78. The first-order chi connectivity index (χ1) is 14.6. The van der Waals surface area contributed by atoms with Crippen molar-refractivity contribution < 1.29 is 9.53 Å². The second-order valence-electron chi connectivity index (χ2n) is 7.13. The Kier molecular flexibility index (Phi) is 7.51. The zero-order valence-electron chi connectivity index (χ0n) is 17.8. The standard InChI is InChI=1S/C24H28N4O2/c1-19-23(20(2)28(26-19)22-8-5-4-6-9-22)10-11-24(29)27(16-7-17-30-3)18-21-12-14-25-15-13-21/h4-6,8-15H,7,16-18H2,1-3H3/b11-10+. The van der Waals surface area contributed by atoms with Crippen molar-refractivity contribution in [1.82, 2.24) is 19.7 Å². The summed E-state index contributed by atoms with van der Waals surface area (Å²) in [7, 11) is 1.67. The van der Waals surface area contributed by atoms with Crippen LogP contribution in [0.15, 0.2) is 60.9 Å². The summed E-state index contributed by atoms with van der Waals surface area (Å²) in [5, 5.41) is 4.65. The molecule has 0 saturated carbocycles. The van der Waals surface area contributed by atoms with Gasteiger partial charge in [0.25, 0.3) is 0 Å². The first-order valence-electron chi connectivity index (χ1n) is 10.1. The first kappa shape index (κ1) is 21.5. The fourth-order valence-electron chi connectivity index (χ4n) is 3.35. The number of pyridine rings is 1. The molecule has 156 valence electrons. The van der Waals surface area contributed by atoms with E-state index in [-0.39, 0.29) is 5.91 Å². The van der Waals surface area contributed by atoms with Crippen LogP contribution in [0.25, 0.3) is 11.8 Å². The van der Waals surface area contributed by atoms with Crippen molar-refractivity contribution >= 4 is 12.0 Å². The summed E-state index contributed by atoms with van der Waals surface area (Å²) in [5.74, 6) is -0.0332. The number of rotatable bonds is 9. The van der Waals surface area contributed by atoms with Gasteiger partial charge in [0, 0.05) is 56.5 Å². The van der Waals surface area contributed by atoms with Gasteiger partial charge in [-0.25, -0.2) is 4.68 Å². The normalized spacial score (nSPS) is 11.2. The minimum atomic E-state index is -0.0332. The molecule has 2 aromatic heterocycles. The highest BCUT2D eigenvalue weighted by Gasteiger charge is 2.14. The number of hydrogen-bond acceptors (Lipinski definition) is 4. The fraction of sp³-hybridized carbons (Fsp3) is 0.292. The lowest BCUT2D eigenvalue weighted by Crippen LogP contribution is -2.30. The third kappa shape index (κ3) is 5.42. The summed E-state index contributed by atoms with van der Waals surface area (Å²) in [6, 6.07) is 13.9. The van der Waals surface area contributed by atoms with Crippen molar-refractivity contribution in [3.63, 3.8) is 0 Å². The van der Waals surface area contributed by atoms with Gasteiger partial charge >= 0.3 is 0 Å². The predicted octanol–water partition coefficient (Wildman–Crippen LogP) is 3.96. The molecule has 2 heterocycles. The van der Waals surface area contributed by atoms with E-state index < -0.39 is 0 Å². The molecule has 0 bridgehead atoms. The SMILES string of the molecule is COCCCN(Cc1ccncc1)C(=O)/C=C/c1c(C)nn(-c2ccccc2)c1C. The summed E-state index contributed by atoms with van der Waals surface area (Å²) in [6.45, 7) is 5.76. The number of aromatic nitrogens is 3. The van der Waals surface area contributed by atoms with Crippen LogP contribution in [0.3, 0.4) is 0 Å². The number of hydrogen-bond donors (Lipinski definition) is 0. The Morgan fingerprint density at radius 3 is 2.57 bits per heavy atom. The lowest BCUT2D eigenvalue weighted by molar-refractivity contribution is -0.126. The smallest absolute Gasteiger partial charge is 0.246 e. The third-order valence-electron chi connectivity index (χ3n) is 4.95. The van der Waals surface area contributed by atoms with E-state index in [0.717, 1.165) is 34.6 Å². The van der Waals surface area contributed by atoms with E-state index in [0.29, 0.717) is 19.7 Å². The van der Waals surface area contributed by atoms with Crippen molar-refractivity contribution in [2.75, 3.05) is 20.3 Å². The number of amides is 1. The maximum absolute atomic E-state index is 13.0. The van der Waals surface area contributed by atoms with Gasteiger partial charge in [-0.1, -0.05) is 18.2 Å². The lowest BCUT2D eigenvalue weighted by atomic mass is 10.1. The summed E-state index contributed by atoms with van der Waals surface area (Å²) in [5.41, 5.74) is 4.91. The Hall–Kier alpha value is -3.25. The quantitative estimate of drug-likeness (QED) is 0.400. The van der Waals surface area contributed by atoms with Crippen LogP contribution in [-0.2, 0) is 16.1 Å². The molecule has 0 radical (unpaired) electrons. The first-order valence-corrected chi connectivity index (χ1v) is 10.1. The number of methoxy groups -OCH3 is 1. The van der Waals surface area contributed by atoms with E-state index >= 15 is 0 Å². The molecular formula is C24H28N4O2. The van der Waals surface area contributed by atoms with Gasteiger partial charge in [0.2, 0.25) is 5.91 Å². The van der Waals surface area contributed by atoms with Gasteiger partial charge in [-0.05, 0) is 56.2 Å². The van der Waals surface area contributed by atoms with Crippen LogP contribution in [0.2, 0.25) is 0 Å². The van der Waals surface area contributed by atoms with Gasteiger partial charge < -0.3 is 9.64 Å². The molecule has 1 aromatic carbocycles. The molecule has 0 atom stereocenters. The molecule has 6 nitrogen and oxygen atoms in total. The minimum Gasteiger partial charge on any atom is -0.385 e. The van der Waals surface area contributed by atoms with Gasteiger partial charge in [0.1, 0.15) is 0 Å². The summed E-state index contributed by atoms with van der Waals surface area (Å²) in [4.78, 5) is 18.8. The van der Waals surface area contributed by atoms with Gasteiger partial charge in [-0.15, -0.1) is 0 Å². The van der Waals surface area contributed by atoms with Crippen LogP contribution < -0.4 is 0 Å². The van der Waals surface area contributed by atoms with Crippen LogP contribution in [-0.4, -0.2) is 45.8 Å². The van der Waals surface area contributed by atoms with Crippen LogP contribution >= 0.6 is 0 Å². The second-order valence-corrected chi connectivity index (χ2v) is 7.13. The predicted molar refractivity (Wildman–Crippen MR) is 118 cm³/mol. The average Bonchev–Trinajstić information content (AvgIpc) is 3.06. The van der Waals surface area contributed by atoms with Crippen molar-refractivity contribution in [1.29, 1.82) is 0 Å². The zero-order valence-corrected chi connectivity index (χ0v) is 17.8. The van der Waals surface area contributed by atoms with Crippen molar-refractivity contribution in [2.24, 2.45) is 0 Å². The van der Waals surface area contributed by atoms with Gasteiger partial charge in [0.15, 0.2) is 0 Å². The monoisotopic (exact) mass is 404 g/mol. The topological polar surface area (TPSA) is 60.2 Å².